The van der Waals surface area contributed by atoms with Crippen LogP contribution < -0.4 is 14.8 Å². The number of ether oxygens (including phenoxy) is 3. The van der Waals surface area contributed by atoms with Crippen molar-refractivity contribution < 1.29 is 32.2 Å². The molecule has 1 N–H and O–H groups in total. The molecule has 0 saturated heterocycles. The fraction of sp³-hybridized carbons (Fsp3) is 0.562. The zero-order chi connectivity index (χ0) is 17.7. The normalized spacial score (nSPS) is 15.2. The van der Waals surface area contributed by atoms with Crippen molar-refractivity contribution in [1.82, 2.24) is 5.32 Å². The number of rotatable bonds is 6. The van der Waals surface area contributed by atoms with E-state index < -0.39 is 25.3 Å². The lowest BCUT2D eigenvalue weighted by atomic mass is 9.95. The van der Waals surface area contributed by atoms with Crippen LogP contribution >= 0.6 is 0 Å². The molecule has 0 fully saturated rings. The van der Waals surface area contributed by atoms with Crippen molar-refractivity contribution in [2.24, 2.45) is 5.92 Å². The fourth-order valence-corrected chi connectivity index (χ4v) is 2.36. The molecule has 1 atom stereocenters. The largest absolute Gasteiger partial charge is 0.486 e. The maximum atomic E-state index is 12.0. The topological polar surface area (TPSA) is 56.8 Å². The van der Waals surface area contributed by atoms with Gasteiger partial charge < -0.3 is 19.5 Å². The highest BCUT2D eigenvalue weighted by atomic mass is 19.4. The Hall–Kier alpha value is -1.96. The second-order valence-corrected chi connectivity index (χ2v) is 5.80. The first kappa shape index (κ1) is 18.4. The summed E-state index contributed by atoms with van der Waals surface area (Å²) < 4.78 is 51.5. The Kier molecular flexibility index (Phi) is 5.93. The Bertz CT molecular complexity index is 575. The number of amides is 1. The van der Waals surface area contributed by atoms with Gasteiger partial charge in [-0.1, -0.05) is 19.9 Å². The van der Waals surface area contributed by atoms with E-state index in [4.69, 9.17) is 9.47 Å². The monoisotopic (exact) mass is 347 g/mol. The molecule has 0 radical (unpaired) electrons. The van der Waals surface area contributed by atoms with Gasteiger partial charge >= 0.3 is 6.18 Å². The molecule has 0 bridgehead atoms. The minimum absolute atomic E-state index is 0.0270. The number of hydrogen-bond acceptors (Lipinski definition) is 4. The summed E-state index contributed by atoms with van der Waals surface area (Å²) in [7, 11) is 0. The molecule has 1 amide bonds. The number of alkyl halides is 3. The Labute approximate surface area is 138 Å². The summed E-state index contributed by atoms with van der Waals surface area (Å²) in [6.45, 7) is 2.63. The summed E-state index contributed by atoms with van der Waals surface area (Å²) in [6, 6.07) is 4.96. The van der Waals surface area contributed by atoms with E-state index in [-0.39, 0.29) is 12.0 Å². The van der Waals surface area contributed by atoms with Crippen LogP contribution in [0.15, 0.2) is 18.2 Å². The Balaban J connectivity index is 2.00. The molecule has 5 nitrogen and oxygen atoms in total. The van der Waals surface area contributed by atoms with Crippen molar-refractivity contribution in [3.63, 3.8) is 0 Å². The van der Waals surface area contributed by atoms with E-state index in [2.05, 4.69) is 10.1 Å². The van der Waals surface area contributed by atoms with Crippen LogP contribution in [0.5, 0.6) is 11.5 Å². The number of halogens is 3. The molecule has 1 heterocycles. The maximum Gasteiger partial charge on any atom is 0.411 e. The molecule has 0 aliphatic carbocycles. The second kappa shape index (κ2) is 7.74. The average molecular weight is 347 g/mol. The minimum atomic E-state index is -4.45. The van der Waals surface area contributed by atoms with Crippen LogP contribution in [0.2, 0.25) is 0 Å². The molecule has 0 spiro atoms. The summed E-state index contributed by atoms with van der Waals surface area (Å²) in [5, 5.41) is 2.70. The molecule has 134 valence electrons. The lowest BCUT2D eigenvalue weighted by Crippen LogP contribution is -2.35. The highest BCUT2D eigenvalue weighted by Gasteiger charge is 2.28. The molecule has 0 saturated carbocycles. The zero-order valence-electron chi connectivity index (χ0n) is 13.5. The number of fused-ring (bicyclic) bond motifs is 1. The second-order valence-electron chi connectivity index (χ2n) is 5.80. The van der Waals surface area contributed by atoms with Gasteiger partial charge in [0.05, 0.1) is 6.04 Å². The van der Waals surface area contributed by atoms with Crippen LogP contribution in [0.4, 0.5) is 13.2 Å². The average Bonchev–Trinajstić information content (AvgIpc) is 2.50. The quantitative estimate of drug-likeness (QED) is 0.860. The van der Waals surface area contributed by atoms with Crippen molar-refractivity contribution in [1.29, 1.82) is 0 Å². The van der Waals surface area contributed by atoms with Crippen molar-refractivity contribution >= 4 is 5.91 Å². The molecule has 24 heavy (non-hydrogen) atoms. The highest BCUT2D eigenvalue weighted by molar-refractivity contribution is 5.77. The first-order valence-corrected chi connectivity index (χ1v) is 7.59. The molecule has 1 aromatic rings. The molecule has 2 rings (SSSR count). The van der Waals surface area contributed by atoms with Gasteiger partial charge in [-0.3, -0.25) is 4.79 Å². The van der Waals surface area contributed by atoms with Gasteiger partial charge in [0, 0.05) is 0 Å². The summed E-state index contributed by atoms with van der Waals surface area (Å²) in [6.07, 6.45) is -4.45. The van der Waals surface area contributed by atoms with Crippen molar-refractivity contribution in [2.75, 3.05) is 26.4 Å². The van der Waals surface area contributed by atoms with E-state index in [1.807, 2.05) is 13.8 Å². The van der Waals surface area contributed by atoms with Gasteiger partial charge in [0.2, 0.25) is 5.91 Å². The Morgan fingerprint density at radius 2 is 1.92 bits per heavy atom. The third-order valence-corrected chi connectivity index (χ3v) is 3.41. The summed E-state index contributed by atoms with van der Waals surface area (Å²) in [5.41, 5.74) is 0.790. The molecule has 1 aromatic carbocycles. The summed E-state index contributed by atoms with van der Waals surface area (Å²) in [4.78, 5) is 11.8. The van der Waals surface area contributed by atoms with Gasteiger partial charge in [-0.15, -0.1) is 0 Å². The molecule has 8 heteroatoms. The van der Waals surface area contributed by atoms with E-state index in [0.29, 0.717) is 24.7 Å². The lowest BCUT2D eigenvalue weighted by molar-refractivity contribution is -0.175. The van der Waals surface area contributed by atoms with E-state index >= 15 is 0 Å². The molecule has 1 aliphatic rings. The molecular formula is C16H20F3NO4. The standard InChI is InChI=1S/C16H20F3NO4/c1-10(2)15(20-14(21)8-22-9-16(17,18)19)11-3-4-12-13(7-11)24-6-5-23-12/h3-4,7,10,15H,5-6,8-9H2,1-2H3,(H,20,21). The molecular weight excluding hydrogens is 327 g/mol. The van der Waals surface area contributed by atoms with Crippen molar-refractivity contribution in [2.45, 2.75) is 26.1 Å². The number of carbonyl (C=O) groups excluding carboxylic acids is 1. The van der Waals surface area contributed by atoms with E-state index in [1.165, 1.54) is 0 Å². The number of benzene rings is 1. The third kappa shape index (κ3) is 5.30. The van der Waals surface area contributed by atoms with Crippen molar-refractivity contribution in [3.05, 3.63) is 23.8 Å². The first-order valence-electron chi connectivity index (χ1n) is 7.59. The first-order chi connectivity index (χ1) is 11.3. The number of nitrogens with one attached hydrogen (secondary N) is 1. The summed E-state index contributed by atoms with van der Waals surface area (Å²) in [5.74, 6) is 0.645. The smallest absolute Gasteiger partial charge is 0.411 e. The molecule has 1 aliphatic heterocycles. The Morgan fingerprint density at radius 3 is 2.54 bits per heavy atom. The van der Waals surface area contributed by atoms with E-state index in [1.54, 1.807) is 18.2 Å². The lowest BCUT2D eigenvalue weighted by Gasteiger charge is -2.25. The zero-order valence-corrected chi connectivity index (χ0v) is 13.5. The van der Waals surface area contributed by atoms with Crippen molar-refractivity contribution in [3.8, 4) is 11.5 Å². The number of hydrogen-bond donors (Lipinski definition) is 1. The van der Waals surface area contributed by atoms with Gasteiger partial charge in [0.1, 0.15) is 26.4 Å². The predicted molar refractivity (Wildman–Crippen MR) is 80.0 cm³/mol. The van der Waals surface area contributed by atoms with Crippen LogP contribution in [-0.4, -0.2) is 38.5 Å². The van der Waals surface area contributed by atoms with Gasteiger partial charge in [-0.05, 0) is 23.6 Å². The maximum absolute atomic E-state index is 12.0. The van der Waals surface area contributed by atoms with Crippen LogP contribution in [0.1, 0.15) is 25.5 Å². The van der Waals surface area contributed by atoms with Gasteiger partial charge in [0.15, 0.2) is 11.5 Å². The minimum Gasteiger partial charge on any atom is -0.486 e. The third-order valence-electron chi connectivity index (χ3n) is 3.41. The van der Waals surface area contributed by atoms with Gasteiger partial charge in [0.25, 0.3) is 0 Å². The van der Waals surface area contributed by atoms with Gasteiger partial charge in [-0.25, -0.2) is 0 Å². The SMILES string of the molecule is CC(C)C(NC(=O)COCC(F)(F)F)c1ccc2c(c1)OCCO2. The molecule has 0 aromatic heterocycles. The fourth-order valence-electron chi connectivity index (χ4n) is 2.36. The highest BCUT2D eigenvalue weighted by Crippen LogP contribution is 2.34. The predicted octanol–water partition coefficient (Wildman–Crippen LogP) is 2.85. The van der Waals surface area contributed by atoms with E-state index in [9.17, 15) is 18.0 Å². The van der Waals surface area contributed by atoms with E-state index in [0.717, 1.165) is 5.56 Å². The number of carbonyl (C=O) groups is 1. The van der Waals surface area contributed by atoms with Crippen LogP contribution in [-0.2, 0) is 9.53 Å². The van der Waals surface area contributed by atoms with Crippen LogP contribution in [0.25, 0.3) is 0 Å². The summed E-state index contributed by atoms with van der Waals surface area (Å²) >= 11 is 0. The molecule has 1 unspecified atom stereocenters. The van der Waals surface area contributed by atoms with Gasteiger partial charge in [-0.2, -0.15) is 13.2 Å². The van der Waals surface area contributed by atoms with Crippen LogP contribution in [0, 0.1) is 5.92 Å². The van der Waals surface area contributed by atoms with Crippen LogP contribution in [0.3, 0.4) is 0 Å². The Morgan fingerprint density at radius 1 is 1.25 bits per heavy atom.